The van der Waals surface area contributed by atoms with Gasteiger partial charge in [0.05, 0.1) is 11.5 Å². The number of ether oxygens (including phenoxy) is 1. The topological polar surface area (TPSA) is 26.3 Å². The van der Waals surface area contributed by atoms with Crippen LogP contribution in [0.15, 0.2) is 24.3 Å². The maximum Gasteiger partial charge on any atom is 0.416 e. The number of unbranched alkanes of at least 4 members (excludes halogenated alkanes) is 4. The summed E-state index contributed by atoms with van der Waals surface area (Å²) in [5, 5.41) is 0. The number of esters is 1. The summed E-state index contributed by atoms with van der Waals surface area (Å²) >= 11 is 0. The number of carbonyl (C=O) groups is 1. The molecular weight excluding hydrogens is 413 g/mol. The maximum atomic E-state index is 12.7. The molecule has 0 bridgehead atoms. The highest BCUT2D eigenvalue weighted by Crippen LogP contribution is 2.42. The van der Waals surface area contributed by atoms with E-state index in [1.165, 1.54) is 76.3 Å². The Labute approximate surface area is 191 Å². The second-order valence-corrected chi connectivity index (χ2v) is 10.0. The van der Waals surface area contributed by atoms with E-state index in [0.717, 1.165) is 55.6 Å². The number of hydrogen-bond donors (Lipinski definition) is 0. The van der Waals surface area contributed by atoms with Gasteiger partial charge >= 0.3 is 12.1 Å². The fourth-order valence-electron chi connectivity index (χ4n) is 5.72. The van der Waals surface area contributed by atoms with Gasteiger partial charge in [-0.05, 0) is 80.5 Å². The van der Waals surface area contributed by atoms with E-state index < -0.39 is 11.7 Å². The zero-order chi connectivity index (χ0) is 23.0. The smallest absolute Gasteiger partial charge is 0.416 e. The number of carbonyl (C=O) groups excluding carboxylic acids is 1. The third kappa shape index (κ3) is 7.52. The summed E-state index contributed by atoms with van der Waals surface area (Å²) in [6.45, 7) is 2.26. The Morgan fingerprint density at radius 3 is 1.97 bits per heavy atom. The Hall–Kier alpha value is -1.52. The van der Waals surface area contributed by atoms with Crippen LogP contribution in [-0.2, 0) is 11.0 Å². The molecule has 0 spiro atoms. The van der Waals surface area contributed by atoms with Crippen molar-refractivity contribution in [2.24, 2.45) is 23.7 Å². The molecule has 0 atom stereocenters. The summed E-state index contributed by atoms with van der Waals surface area (Å²) in [5.74, 6) is 2.21. The van der Waals surface area contributed by atoms with Crippen LogP contribution in [0.1, 0.15) is 102 Å². The van der Waals surface area contributed by atoms with E-state index in [4.69, 9.17) is 4.74 Å². The van der Waals surface area contributed by atoms with Crippen LogP contribution in [0.25, 0.3) is 0 Å². The van der Waals surface area contributed by atoms with Crippen molar-refractivity contribution in [1.29, 1.82) is 0 Å². The number of hydrogen-bond acceptors (Lipinski definition) is 2. The van der Waals surface area contributed by atoms with E-state index in [0.29, 0.717) is 0 Å². The van der Waals surface area contributed by atoms with Crippen molar-refractivity contribution in [2.45, 2.75) is 103 Å². The lowest BCUT2D eigenvalue weighted by Gasteiger charge is -2.37. The molecule has 180 valence electrons. The molecule has 0 amide bonds. The van der Waals surface area contributed by atoms with E-state index >= 15 is 0 Å². The Bertz CT molecular complexity index is 682. The average Bonchev–Trinajstić information content (AvgIpc) is 2.79. The van der Waals surface area contributed by atoms with Gasteiger partial charge in [-0.1, -0.05) is 58.3 Å². The average molecular weight is 453 g/mol. The summed E-state index contributed by atoms with van der Waals surface area (Å²) < 4.78 is 43.4. The van der Waals surface area contributed by atoms with Crippen molar-refractivity contribution in [3.8, 4) is 5.75 Å². The zero-order valence-corrected chi connectivity index (χ0v) is 19.5. The van der Waals surface area contributed by atoms with Crippen LogP contribution in [0.5, 0.6) is 5.75 Å². The van der Waals surface area contributed by atoms with Gasteiger partial charge in [-0.3, -0.25) is 4.79 Å². The van der Waals surface area contributed by atoms with E-state index in [1.807, 2.05) is 0 Å². The molecule has 1 aromatic carbocycles. The van der Waals surface area contributed by atoms with Crippen LogP contribution < -0.4 is 4.74 Å². The normalized spacial score (nSPS) is 26.6. The fraction of sp³-hybridized carbons (Fsp3) is 0.741. The quantitative estimate of drug-likeness (QED) is 0.213. The van der Waals surface area contributed by atoms with Crippen LogP contribution >= 0.6 is 0 Å². The lowest BCUT2D eigenvalue weighted by Crippen LogP contribution is -2.30. The van der Waals surface area contributed by atoms with Crippen molar-refractivity contribution in [1.82, 2.24) is 0 Å². The van der Waals surface area contributed by atoms with Gasteiger partial charge in [0.2, 0.25) is 0 Å². The maximum absolute atomic E-state index is 12.7. The summed E-state index contributed by atoms with van der Waals surface area (Å²) in [7, 11) is 0. The van der Waals surface area contributed by atoms with Crippen molar-refractivity contribution < 1.29 is 22.7 Å². The first-order chi connectivity index (χ1) is 15.4. The van der Waals surface area contributed by atoms with E-state index in [9.17, 15) is 18.0 Å². The predicted molar refractivity (Wildman–Crippen MR) is 121 cm³/mol. The van der Waals surface area contributed by atoms with Gasteiger partial charge < -0.3 is 4.74 Å². The standard InChI is InChI=1S/C27H39F3O2/c1-2-3-4-5-6-7-20-8-10-21(11-9-20)22-12-14-23(15-13-22)26(31)32-25-18-16-24(17-19-25)27(28,29)30/h16-23H,2-15H2,1H3/t20-,21-,22?,23?. The molecule has 2 aliphatic rings. The van der Waals surface area contributed by atoms with Gasteiger partial charge in [0.15, 0.2) is 0 Å². The molecule has 5 heteroatoms. The zero-order valence-electron chi connectivity index (χ0n) is 19.5. The van der Waals surface area contributed by atoms with Crippen molar-refractivity contribution in [2.75, 3.05) is 0 Å². The molecule has 1 aromatic rings. The SMILES string of the molecule is CCCCCCC[C@H]1CC[C@H](C2CCC(C(=O)Oc3ccc(C(F)(F)F)cc3)CC2)CC1. The summed E-state index contributed by atoms with van der Waals surface area (Å²) in [4.78, 5) is 12.5. The molecule has 3 rings (SSSR count). The number of benzene rings is 1. The molecule has 2 aliphatic carbocycles. The number of halogens is 3. The van der Waals surface area contributed by atoms with Gasteiger partial charge in [-0.2, -0.15) is 13.2 Å². The van der Waals surface area contributed by atoms with Crippen LogP contribution in [0.2, 0.25) is 0 Å². The lowest BCUT2D eigenvalue weighted by molar-refractivity contribution is -0.140. The number of alkyl halides is 3. The summed E-state index contributed by atoms with van der Waals surface area (Å²) in [6, 6.07) is 4.38. The Morgan fingerprint density at radius 2 is 1.41 bits per heavy atom. The molecule has 0 aliphatic heterocycles. The molecule has 0 unspecified atom stereocenters. The van der Waals surface area contributed by atoms with Crippen LogP contribution in [0.4, 0.5) is 13.2 Å². The third-order valence-electron chi connectivity index (χ3n) is 7.78. The third-order valence-corrected chi connectivity index (χ3v) is 7.78. The Morgan fingerprint density at radius 1 is 0.844 bits per heavy atom. The minimum absolute atomic E-state index is 0.131. The Kier molecular flexibility index (Phi) is 9.48. The Balaban J connectivity index is 1.35. The minimum Gasteiger partial charge on any atom is -0.426 e. The van der Waals surface area contributed by atoms with Crippen molar-refractivity contribution in [3.05, 3.63) is 29.8 Å². The molecule has 2 fully saturated rings. The van der Waals surface area contributed by atoms with Crippen molar-refractivity contribution >= 4 is 5.97 Å². The van der Waals surface area contributed by atoms with Crippen LogP contribution in [0.3, 0.4) is 0 Å². The first-order valence-electron chi connectivity index (χ1n) is 12.8. The van der Waals surface area contributed by atoms with E-state index in [2.05, 4.69) is 6.92 Å². The largest absolute Gasteiger partial charge is 0.426 e. The van der Waals surface area contributed by atoms with Crippen LogP contribution in [-0.4, -0.2) is 5.97 Å². The number of rotatable bonds is 9. The molecule has 2 nitrogen and oxygen atoms in total. The van der Waals surface area contributed by atoms with E-state index in [1.54, 1.807) is 0 Å². The fourth-order valence-corrected chi connectivity index (χ4v) is 5.72. The van der Waals surface area contributed by atoms with Gasteiger partial charge in [0.25, 0.3) is 0 Å². The highest BCUT2D eigenvalue weighted by molar-refractivity contribution is 5.75. The molecule has 0 radical (unpaired) electrons. The summed E-state index contributed by atoms with van der Waals surface area (Å²) in [6.07, 6.45) is 13.1. The molecule has 32 heavy (non-hydrogen) atoms. The molecule has 0 aromatic heterocycles. The first kappa shape index (κ1) is 25.1. The highest BCUT2D eigenvalue weighted by Gasteiger charge is 2.34. The lowest BCUT2D eigenvalue weighted by atomic mass is 9.68. The minimum atomic E-state index is -4.38. The second kappa shape index (κ2) is 12.1. The van der Waals surface area contributed by atoms with Gasteiger partial charge in [0, 0.05) is 0 Å². The highest BCUT2D eigenvalue weighted by atomic mass is 19.4. The van der Waals surface area contributed by atoms with Crippen LogP contribution in [0, 0.1) is 23.7 Å². The van der Waals surface area contributed by atoms with Gasteiger partial charge in [-0.15, -0.1) is 0 Å². The molecule has 2 saturated carbocycles. The molecule has 0 N–H and O–H groups in total. The molecule has 0 saturated heterocycles. The first-order valence-corrected chi connectivity index (χ1v) is 12.8. The van der Waals surface area contributed by atoms with Crippen molar-refractivity contribution in [3.63, 3.8) is 0 Å². The molecule has 0 heterocycles. The van der Waals surface area contributed by atoms with Gasteiger partial charge in [-0.25, -0.2) is 0 Å². The van der Waals surface area contributed by atoms with E-state index in [-0.39, 0.29) is 17.6 Å². The monoisotopic (exact) mass is 452 g/mol. The molecular formula is C27H39F3O2. The second-order valence-electron chi connectivity index (χ2n) is 10.0. The summed E-state index contributed by atoms with van der Waals surface area (Å²) in [5.41, 5.74) is -0.732. The van der Waals surface area contributed by atoms with Gasteiger partial charge in [0.1, 0.15) is 5.75 Å². The predicted octanol–water partition coefficient (Wildman–Crippen LogP) is 8.58.